The van der Waals surface area contributed by atoms with Gasteiger partial charge in [-0.05, 0) is 0 Å². The van der Waals surface area contributed by atoms with E-state index in [1.54, 1.807) is 6.26 Å². The molecule has 1 heterocycles. The Hall–Kier alpha value is -0.620. The summed E-state index contributed by atoms with van der Waals surface area (Å²) in [6.07, 6.45) is 6.00. The Morgan fingerprint density at radius 3 is 2.62 bits per heavy atom. The van der Waals surface area contributed by atoms with E-state index in [9.17, 15) is 0 Å². The summed E-state index contributed by atoms with van der Waals surface area (Å²) in [6.45, 7) is 0. The number of rotatable bonds is 4. The van der Waals surface area contributed by atoms with Crippen LogP contribution in [0.25, 0.3) is 6.08 Å². The Labute approximate surface area is 110 Å². The second-order valence-electron chi connectivity index (χ2n) is 3.10. The molecule has 0 bridgehead atoms. The van der Waals surface area contributed by atoms with Crippen LogP contribution in [-0.2, 0) is 0 Å². The monoisotopic (exact) mass is 346 g/mol. The van der Waals surface area contributed by atoms with Gasteiger partial charge < -0.3 is 0 Å². The van der Waals surface area contributed by atoms with Crippen LogP contribution in [0, 0.1) is 0 Å². The van der Waals surface area contributed by atoms with Gasteiger partial charge in [-0.3, -0.25) is 0 Å². The molecule has 82 valence electrons. The van der Waals surface area contributed by atoms with E-state index in [4.69, 9.17) is 4.42 Å². The van der Waals surface area contributed by atoms with Gasteiger partial charge in [0, 0.05) is 0 Å². The Morgan fingerprint density at radius 2 is 2.00 bits per heavy atom. The fourth-order valence-electron chi connectivity index (χ4n) is 1.22. The van der Waals surface area contributed by atoms with Crippen molar-refractivity contribution in [1.82, 2.24) is 0 Å². The zero-order valence-electron chi connectivity index (χ0n) is 8.92. The second kappa shape index (κ2) is 6.20. The predicted molar refractivity (Wildman–Crippen MR) is 72.0 cm³/mol. The van der Waals surface area contributed by atoms with Crippen molar-refractivity contribution in [3.05, 3.63) is 57.4 Å². The summed E-state index contributed by atoms with van der Waals surface area (Å²) < 4.78 is 8.23. The number of hydrogen-bond acceptors (Lipinski definition) is 2. The standard InChI is InChI=1S/C13H12OSTe/c1-15-13(10-11-6-5-9-14-11)16-12-7-3-2-4-8-12/h2-10H,1H3/b13-10+. The molecule has 0 N–H and O–H groups in total. The first-order chi connectivity index (χ1) is 7.88. The van der Waals surface area contributed by atoms with Gasteiger partial charge in [0.2, 0.25) is 0 Å². The van der Waals surface area contributed by atoms with E-state index in [-0.39, 0.29) is 20.9 Å². The first-order valence-electron chi connectivity index (χ1n) is 4.90. The number of hydrogen-bond donors (Lipinski definition) is 0. The van der Waals surface area contributed by atoms with Crippen LogP contribution in [0.3, 0.4) is 0 Å². The third-order valence-electron chi connectivity index (χ3n) is 1.97. The Balaban J connectivity index is 2.12. The molecule has 0 unspecified atom stereocenters. The normalized spacial score (nSPS) is 11.7. The maximum absolute atomic E-state index is 5.33. The van der Waals surface area contributed by atoms with Gasteiger partial charge in [-0.2, -0.15) is 0 Å². The molecule has 16 heavy (non-hydrogen) atoms. The molecular formula is C13H12OSTe. The van der Waals surface area contributed by atoms with Crippen molar-refractivity contribution in [3.63, 3.8) is 0 Å². The first-order valence-corrected chi connectivity index (χ1v) is 8.46. The third kappa shape index (κ3) is 3.45. The average Bonchev–Trinajstić information content (AvgIpc) is 2.82. The zero-order chi connectivity index (χ0) is 11.2. The molecule has 0 atom stereocenters. The van der Waals surface area contributed by atoms with Crippen molar-refractivity contribution in [3.8, 4) is 0 Å². The zero-order valence-corrected chi connectivity index (χ0v) is 12.1. The molecule has 0 aliphatic carbocycles. The van der Waals surface area contributed by atoms with Crippen LogP contribution in [-0.4, -0.2) is 27.2 Å². The molecular weight excluding hydrogens is 332 g/mol. The molecule has 2 rings (SSSR count). The van der Waals surface area contributed by atoms with Crippen LogP contribution in [0.2, 0.25) is 0 Å². The molecule has 0 spiro atoms. The maximum atomic E-state index is 5.33. The van der Waals surface area contributed by atoms with Crippen LogP contribution < -0.4 is 3.61 Å². The molecule has 2 aromatic rings. The molecule has 0 aliphatic heterocycles. The van der Waals surface area contributed by atoms with Gasteiger partial charge in [0.05, 0.1) is 0 Å². The van der Waals surface area contributed by atoms with Gasteiger partial charge in [-0.15, -0.1) is 0 Å². The fraction of sp³-hybridized carbons (Fsp3) is 0.0769. The van der Waals surface area contributed by atoms with Gasteiger partial charge in [0.15, 0.2) is 0 Å². The average molecular weight is 344 g/mol. The summed E-state index contributed by atoms with van der Waals surface area (Å²) in [7, 11) is 0. The van der Waals surface area contributed by atoms with Gasteiger partial charge in [-0.1, -0.05) is 0 Å². The van der Waals surface area contributed by atoms with Crippen molar-refractivity contribution < 1.29 is 4.42 Å². The van der Waals surface area contributed by atoms with Crippen LogP contribution >= 0.6 is 11.8 Å². The summed E-state index contributed by atoms with van der Waals surface area (Å²) in [5.74, 6) is 0.949. The fourth-order valence-corrected chi connectivity index (χ4v) is 4.90. The Bertz CT molecular complexity index is 448. The van der Waals surface area contributed by atoms with Crippen LogP contribution in [0.1, 0.15) is 5.76 Å². The van der Waals surface area contributed by atoms with Crippen LogP contribution in [0.5, 0.6) is 0 Å². The Morgan fingerprint density at radius 1 is 1.19 bits per heavy atom. The van der Waals surface area contributed by atoms with E-state index in [0.717, 1.165) is 5.76 Å². The predicted octanol–water partition coefficient (Wildman–Crippen LogP) is 2.97. The molecule has 3 heteroatoms. The Kier molecular flexibility index (Phi) is 4.59. The van der Waals surface area contributed by atoms with E-state index in [0.29, 0.717) is 0 Å². The van der Waals surface area contributed by atoms with Crippen LogP contribution in [0.4, 0.5) is 0 Å². The SMILES string of the molecule is CS/C(=C\c1ccco1)[Te]c1ccccc1. The topological polar surface area (TPSA) is 13.1 Å². The molecule has 0 fully saturated rings. The van der Waals surface area contributed by atoms with Crippen LogP contribution in [0.15, 0.2) is 56.1 Å². The molecule has 1 aromatic carbocycles. The number of furan rings is 1. The summed E-state index contributed by atoms with van der Waals surface area (Å²) in [5, 5.41) is 0. The van der Waals surface area contributed by atoms with Gasteiger partial charge in [0.1, 0.15) is 0 Å². The number of thioether (sulfide) groups is 1. The van der Waals surface area contributed by atoms with Gasteiger partial charge >= 0.3 is 110 Å². The van der Waals surface area contributed by atoms with E-state index >= 15 is 0 Å². The minimum atomic E-state index is -0.271. The van der Waals surface area contributed by atoms with Crippen molar-refractivity contribution in [2.75, 3.05) is 6.26 Å². The molecule has 0 aliphatic rings. The van der Waals surface area contributed by atoms with Gasteiger partial charge in [-0.25, -0.2) is 0 Å². The van der Waals surface area contributed by atoms with E-state index in [1.165, 1.54) is 6.56 Å². The molecule has 0 saturated heterocycles. The second-order valence-corrected chi connectivity index (χ2v) is 7.94. The van der Waals surface area contributed by atoms with Crippen molar-refractivity contribution in [1.29, 1.82) is 0 Å². The van der Waals surface area contributed by atoms with E-state index in [1.807, 2.05) is 23.9 Å². The molecule has 1 aromatic heterocycles. The van der Waals surface area contributed by atoms with Crippen molar-refractivity contribution in [2.24, 2.45) is 0 Å². The third-order valence-corrected chi connectivity index (χ3v) is 6.83. The summed E-state index contributed by atoms with van der Waals surface area (Å²) in [5.41, 5.74) is 0. The molecule has 0 amide bonds. The first kappa shape index (κ1) is 11.9. The van der Waals surface area contributed by atoms with Crippen molar-refractivity contribution in [2.45, 2.75) is 0 Å². The summed E-state index contributed by atoms with van der Waals surface area (Å²) in [6, 6.07) is 14.6. The number of benzene rings is 1. The quantitative estimate of drug-likeness (QED) is 0.792. The van der Waals surface area contributed by atoms with Gasteiger partial charge in [0.25, 0.3) is 0 Å². The molecule has 1 nitrogen and oxygen atoms in total. The molecule has 0 saturated carbocycles. The summed E-state index contributed by atoms with van der Waals surface area (Å²) in [4.78, 5) is 0. The van der Waals surface area contributed by atoms with E-state index in [2.05, 4.69) is 42.7 Å². The molecule has 0 radical (unpaired) electrons. The van der Waals surface area contributed by atoms with E-state index < -0.39 is 0 Å². The summed E-state index contributed by atoms with van der Waals surface area (Å²) >= 11 is 1.55. The van der Waals surface area contributed by atoms with Crippen molar-refractivity contribution >= 4 is 42.4 Å². The minimum absolute atomic E-state index is 0.271.